The highest BCUT2D eigenvalue weighted by atomic mass is 32.2. The van der Waals surface area contributed by atoms with E-state index in [-0.39, 0.29) is 0 Å². The summed E-state index contributed by atoms with van der Waals surface area (Å²) in [7, 11) is -3.49. The van der Waals surface area contributed by atoms with Crippen LogP contribution >= 0.6 is 11.3 Å². The summed E-state index contributed by atoms with van der Waals surface area (Å²) in [5.41, 5.74) is 1.99. The molecular formula is C17H20N4O2S2. The average Bonchev–Trinajstić information content (AvgIpc) is 3.27. The van der Waals surface area contributed by atoms with Gasteiger partial charge < -0.3 is 0 Å². The van der Waals surface area contributed by atoms with E-state index >= 15 is 0 Å². The van der Waals surface area contributed by atoms with Crippen LogP contribution in [0.25, 0.3) is 5.13 Å². The maximum Gasteiger partial charge on any atom is 0.240 e. The normalized spacial score (nSPS) is 11.7. The number of benzene rings is 1. The molecule has 0 radical (unpaired) electrons. The van der Waals surface area contributed by atoms with Crippen molar-refractivity contribution in [2.24, 2.45) is 0 Å². The maximum atomic E-state index is 12.3. The number of hydrogen-bond acceptors (Lipinski definition) is 5. The van der Waals surface area contributed by atoms with Crippen molar-refractivity contribution in [2.45, 2.75) is 31.1 Å². The number of thiazole rings is 1. The van der Waals surface area contributed by atoms with E-state index in [0.717, 1.165) is 29.2 Å². The molecule has 0 unspecified atom stereocenters. The summed E-state index contributed by atoms with van der Waals surface area (Å²) in [5.74, 6) is 0. The minimum Gasteiger partial charge on any atom is -0.223 e. The molecule has 25 heavy (non-hydrogen) atoms. The van der Waals surface area contributed by atoms with Crippen molar-refractivity contribution in [3.63, 3.8) is 0 Å². The van der Waals surface area contributed by atoms with Crippen LogP contribution in [0, 0.1) is 0 Å². The first kappa shape index (κ1) is 17.8. The second-order valence-electron chi connectivity index (χ2n) is 5.61. The van der Waals surface area contributed by atoms with E-state index in [9.17, 15) is 8.42 Å². The minimum atomic E-state index is -3.49. The van der Waals surface area contributed by atoms with Gasteiger partial charge in [-0.15, -0.1) is 11.3 Å². The Labute approximate surface area is 151 Å². The SMILES string of the molecule is CCCc1ccc(S(=O)(=O)NCCc2csc(-n3cccn3)n2)cc1. The number of aryl methyl sites for hydroxylation is 1. The predicted octanol–water partition coefficient (Wildman–Crippen LogP) is 2.80. The van der Waals surface area contributed by atoms with Crippen molar-refractivity contribution >= 4 is 21.4 Å². The standard InChI is InChI=1S/C17H20N4O2S2/c1-2-4-14-5-7-16(8-6-14)25(22,23)19-11-9-15-13-24-17(20-15)21-12-3-10-18-21/h3,5-8,10,12-13,19H,2,4,9,11H2,1H3. The van der Waals surface area contributed by atoms with Crippen LogP contribution < -0.4 is 4.72 Å². The molecule has 0 amide bonds. The molecule has 0 spiro atoms. The molecule has 0 bridgehead atoms. The Bertz CT molecular complexity index is 901. The number of rotatable bonds is 8. The summed E-state index contributed by atoms with van der Waals surface area (Å²) in [4.78, 5) is 4.76. The lowest BCUT2D eigenvalue weighted by molar-refractivity contribution is 0.581. The number of hydrogen-bond donors (Lipinski definition) is 1. The number of nitrogens with one attached hydrogen (secondary N) is 1. The summed E-state index contributed by atoms with van der Waals surface area (Å²) in [5, 5.41) is 6.83. The van der Waals surface area contributed by atoms with Gasteiger partial charge in [0.05, 0.1) is 10.6 Å². The molecule has 3 rings (SSSR count). The summed E-state index contributed by atoms with van der Waals surface area (Å²) >= 11 is 1.48. The molecule has 8 heteroatoms. The lowest BCUT2D eigenvalue weighted by Crippen LogP contribution is -2.26. The lowest BCUT2D eigenvalue weighted by Gasteiger charge is -2.07. The van der Waals surface area contributed by atoms with E-state index in [4.69, 9.17) is 0 Å². The van der Waals surface area contributed by atoms with Crippen LogP contribution in [-0.4, -0.2) is 29.7 Å². The van der Waals surface area contributed by atoms with Gasteiger partial charge in [0.1, 0.15) is 0 Å². The van der Waals surface area contributed by atoms with Crippen LogP contribution in [0.1, 0.15) is 24.6 Å². The fourth-order valence-electron chi connectivity index (χ4n) is 2.42. The van der Waals surface area contributed by atoms with Gasteiger partial charge in [0.15, 0.2) is 0 Å². The molecule has 3 aromatic rings. The van der Waals surface area contributed by atoms with Crippen LogP contribution in [0.2, 0.25) is 0 Å². The first-order chi connectivity index (χ1) is 12.1. The van der Waals surface area contributed by atoms with Gasteiger partial charge in [-0.1, -0.05) is 25.5 Å². The first-order valence-corrected chi connectivity index (χ1v) is 10.5. The second kappa shape index (κ2) is 7.90. The minimum absolute atomic E-state index is 0.294. The van der Waals surface area contributed by atoms with Gasteiger partial charge in [-0.05, 0) is 30.2 Å². The number of aromatic nitrogens is 3. The topological polar surface area (TPSA) is 76.9 Å². The van der Waals surface area contributed by atoms with Crippen molar-refractivity contribution in [1.29, 1.82) is 0 Å². The predicted molar refractivity (Wildman–Crippen MR) is 98.6 cm³/mol. The third-order valence-electron chi connectivity index (χ3n) is 3.69. The van der Waals surface area contributed by atoms with Gasteiger partial charge in [-0.25, -0.2) is 22.8 Å². The molecule has 0 aliphatic carbocycles. The first-order valence-electron chi connectivity index (χ1n) is 8.11. The van der Waals surface area contributed by atoms with E-state index in [2.05, 4.69) is 21.7 Å². The monoisotopic (exact) mass is 376 g/mol. The third-order valence-corrected chi connectivity index (χ3v) is 6.04. The van der Waals surface area contributed by atoms with E-state index in [0.29, 0.717) is 17.9 Å². The van der Waals surface area contributed by atoms with Crippen LogP contribution in [0.5, 0.6) is 0 Å². The van der Waals surface area contributed by atoms with Crippen LogP contribution in [0.15, 0.2) is 53.0 Å². The fourth-order valence-corrected chi connectivity index (χ4v) is 4.25. The summed E-state index contributed by atoms with van der Waals surface area (Å²) in [6.07, 6.45) is 6.05. The zero-order chi connectivity index (χ0) is 17.7. The molecule has 6 nitrogen and oxygen atoms in total. The Balaban J connectivity index is 1.57. The Morgan fingerprint density at radius 3 is 2.68 bits per heavy atom. The van der Waals surface area contributed by atoms with Crippen LogP contribution in [0.4, 0.5) is 0 Å². The van der Waals surface area contributed by atoms with Gasteiger partial charge >= 0.3 is 0 Å². The van der Waals surface area contributed by atoms with Gasteiger partial charge in [0.2, 0.25) is 15.2 Å². The van der Waals surface area contributed by atoms with Gasteiger partial charge in [0, 0.05) is 30.7 Å². The lowest BCUT2D eigenvalue weighted by atomic mass is 10.1. The average molecular weight is 377 g/mol. The van der Waals surface area contributed by atoms with Crippen molar-refractivity contribution in [2.75, 3.05) is 6.54 Å². The highest BCUT2D eigenvalue weighted by Gasteiger charge is 2.13. The molecule has 2 heterocycles. The number of sulfonamides is 1. The van der Waals surface area contributed by atoms with E-state index in [1.54, 1.807) is 23.0 Å². The summed E-state index contributed by atoms with van der Waals surface area (Å²) < 4.78 is 29.0. The van der Waals surface area contributed by atoms with E-state index in [1.807, 2.05) is 29.8 Å². The zero-order valence-corrected chi connectivity index (χ0v) is 15.6. The zero-order valence-electron chi connectivity index (χ0n) is 13.9. The van der Waals surface area contributed by atoms with E-state index in [1.165, 1.54) is 11.3 Å². The Kier molecular flexibility index (Phi) is 5.62. The van der Waals surface area contributed by atoms with Gasteiger partial charge in [0.25, 0.3) is 0 Å². The second-order valence-corrected chi connectivity index (χ2v) is 8.22. The maximum absolute atomic E-state index is 12.3. The number of nitrogens with zero attached hydrogens (tertiary/aromatic N) is 3. The summed E-state index contributed by atoms with van der Waals surface area (Å²) in [6, 6.07) is 8.89. The molecule has 0 aliphatic rings. The molecule has 0 aliphatic heterocycles. The highest BCUT2D eigenvalue weighted by molar-refractivity contribution is 7.89. The quantitative estimate of drug-likeness (QED) is 0.656. The molecule has 0 atom stereocenters. The molecule has 1 aromatic carbocycles. The van der Waals surface area contributed by atoms with Gasteiger partial charge in [-0.3, -0.25) is 0 Å². The fraction of sp³-hybridized carbons (Fsp3) is 0.294. The molecule has 132 valence electrons. The Morgan fingerprint density at radius 2 is 2.00 bits per heavy atom. The Morgan fingerprint density at radius 1 is 1.20 bits per heavy atom. The molecule has 1 N–H and O–H groups in total. The largest absolute Gasteiger partial charge is 0.240 e. The van der Waals surface area contributed by atoms with Crippen molar-refractivity contribution in [3.8, 4) is 5.13 Å². The van der Waals surface area contributed by atoms with Crippen molar-refractivity contribution in [3.05, 3.63) is 59.4 Å². The molecule has 0 saturated heterocycles. The van der Waals surface area contributed by atoms with Crippen molar-refractivity contribution in [1.82, 2.24) is 19.5 Å². The van der Waals surface area contributed by atoms with Crippen LogP contribution in [0.3, 0.4) is 0 Å². The highest BCUT2D eigenvalue weighted by Crippen LogP contribution is 2.15. The summed E-state index contributed by atoms with van der Waals surface area (Å²) in [6.45, 7) is 2.41. The Hall–Kier alpha value is -2.03. The van der Waals surface area contributed by atoms with Crippen molar-refractivity contribution < 1.29 is 8.42 Å². The molecule has 0 fully saturated rings. The van der Waals surface area contributed by atoms with Gasteiger partial charge in [-0.2, -0.15) is 5.10 Å². The molecular weight excluding hydrogens is 356 g/mol. The molecule has 2 aromatic heterocycles. The third kappa shape index (κ3) is 4.53. The molecule has 0 saturated carbocycles. The van der Waals surface area contributed by atoms with E-state index < -0.39 is 10.0 Å². The smallest absolute Gasteiger partial charge is 0.223 e. The van der Waals surface area contributed by atoms with Crippen LogP contribution in [-0.2, 0) is 22.9 Å².